The van der Waals surface area contributed by atoms with Gasteiger partial charge in [0.25, 0.3) is 0 Å². The number of hydrogen-bond donors (Lipinski definition) is 0. The number of hydrogen-bond acceptors (Lipinski definition) is 11. The molecule has 4 aromatic carbocycles. The molecule has 0 fully saturated rings. The van der Waals surface area contributed by atoms with Crippen molar-refractivity contribution in [3.8, 4) is 28.7 Å². The summed E-state index contributed by atoms with van der Waals surface area (Å²) in [4.78, 5) is 29.4. The van der Waals surface area contributed by atoms with E-state index in [1.165, 1.54) is 14.2 Å². The number of unbranched alkanes of at least 4 members (excludes halogenated alkanes) is 2. The van der Waals surface area contributed by atoms with Gasteiger partial charge in [-0.05, 0) is 86.5 Å². The van der Waals surface area contributed by atoms with Crippen molar-refractivity contribution in [2.45, 2.75) is 116 Å². The summed E-state index contributed by atoms with van der Waals surface area (Å²) in [6, 6.07) is 14.6. The lowest BCUT2D eigenvalue weighted by Crippen LogP contribution is -2.47. The van der Waals surface area contributed by atoms with Crippen molar-refractivity contribution in [1.82, 2.24) is 0 Å². The highest BCUT2D eigenvalue weighted by atomic mass is 28.4. The molecule has 0 bridgehead atoms. The van der Waals surface area contributed by atoms with Gasteiger partial charge in [0.15, 0.2) is 15.1 Å². The smallest absolute Gasteiger partial charge is 0.343 e. The van der Waals surface area contributed by atoms with E-state index in [9.17, 15) is 4.79 Å². The van der Waals surface area contributed by atoms with Crippen molar-refractivity contribution in [1.29, 1.82) is 0 Å². The molecule has 0 aliphatic carbocycles. The SMILES string of the molecule is COCOc1cccc(C(CCCCCO[Si](C(C)C)(C(C)C)C(C)C)OC(=O)c2c(C(=O)OC(C)(C)C)c(OC)cc3c(OC)c4cccc(OC)c4c(OC)c23)c1. The predicted octanol–water partition coefficient (Wildman–Crippen LogP) is 11.6. The molecule has 1 atom stereocenters. The highest BCUT2D eigenvalue weighted by Gasteiger charge is 2.45. The molecule has 0 heterocycles. The molecule has 59 heavy (non-hydrogen) atoms. The Balaban J connectivity index is 1.87. The summed E-state index contributed by atoms with van der Waals surface area (Å²) in [6.07, 6.45) is 2.21. The third-order valence-electron chi connectivity index (χ3n) is 10.9. The van der Waals surface area contributed by atoms with E-state index in [-0.39, 0.29) is 29.1 Å². The molecule has 4 rings (SSSR count). The Morgan fingerprint density at radius 1 is 0.661 bits per heavy atom. The molecule has 0 saturated carbocycles. The fraction of sp³-hybridized carbons (Fsp3) is 0.532. The second-order valence-corrected chi connectivity index (χ2v) is 22.2. The Morgan fingerprint density at radius 2 is 1.31 bits per heavy atom. The molecule has 0 aromatic heterocycles. The van der Waals surface area contributed by atoms with Crippen molar-refractivity contribution >= 4 is 41.8 Å². The van der Waals surface area contributed by atoms with Crippen LogP contribution in [-0.2, 0) is 18.6 Å². The molecule has 1 unspecified atom stereocenters. The summed E-state index contributed by atoms with van der Waals surface area (Å²) in [5, 5.41) is 1.98. The number of methoxy groups -OCH3 is 5. The minimum absolute atomic E-state index is 0.0515. The molecule has 0 aliphatic rings. The fourth-order valence-corrected chi connectivity index (χ4v) is 14.1. The van der Waals surface area contributed by atoms with Gasteiger partial charge in [-0.15, -0.1) is 0 Å². The Bertz CT molecular complexity index is 2030. The maximum absolute atomic E-state index is 15.2. The molecule has 0 spiro atoms. The first kappa shape index (κ1) is 47.2. The van der Waals surface area contributed by atoms with Crippen LogP contribution >= 0.6 is 0 Å². The highest BCUT2D eigenvalue weighted by Crippen LogP contribution is 2.50. The maximum Gasteiger partial charge on any atom is 0.343 e. The standard InChI is InChI=1S/C47H66O11Si/c1-29(2)59(30(3)4,31(5)6)56-25-17-15-16-23-36(32-20-18-21-33(26-32)55-28-50-10)57-45(48)42-40-35(27-38(52-12)41(42)46(49)58-47(7,8)9)43(53-13)34-22-19-24-37(51-11)39(34)44(40)54-14/h18-22,24,26-27,29-31,36H,15-17,23,25,28H2,1-14H3. The van der Waals surface area contributed by atoms with Crippen LogP contribution in [0.4, 0.5) is 0 Å². The Hall–Kier alpha value is -4.52. The third-order valence-corrected chi connectivity index (χ3v) is 17.0. The van der Waals surface area contributed by atoms with Gasteiger partial charge in [-0.1, -0.05) is 72.2 Å². The molecule has 0 radical (unpaired) electrons. The van der Waals surface area contributed by atoms with Gasteiger partial charge in [0.2, 0.25) is 0 Å². The van der Waals surface area contributed by atoms with Crippen LogP contribution in [0.3, 0.4) is 0 Å². The van der Waals surface area contributed by atoms with E-state index in [4.69, 9.17) is 42.3 Å². The van der Waals surface area contributed by atoms with Gasteiger partial charge in [0.1, 0.15) is 46.0 Å². The van der Waals surface area contributed by atoms with Crippen LogP contribution in [0.25, 0.3) is 21.5 Å². The van der Waals surface area contributed by atoms with Gasteiger partial charge in [-0.3, -0.25) is 0 Å². The Morgan fingerprint density at radius 3 is 1.88 bits per heavy atom. The van der Waals surface area contributed by atoms with E-state index in [0.29, 0.717) is 68.8 Å². The van der Waals surface area contributed by atoms with E-state index >= 15 is 4.79 Å². The normalized spacial score (nSPS) is 12.6. The Labute approximate surface area is 352 Å². The summed E-state index contributed by atoms with van der Waals surface area (Å²) in [6.45, 7) is 19.8. The van der Waals surface area contributed by atoms with E-state index in [1.54, 1.807) is 54.2 Å². The zero-order chi connectivity index (χ0) is 43.7. The largest absolute Gasteiger partial charge is 0.496 e. The van der Waals surface area contributed by atoms with Crippen LogP contribution in [0.1, 0.15) is 120 Å². The second-order valence-electron chi connectivity index (χ2n) is 16.7. The van der Waals surface area contributed by atoms with E-state index in [1.807, 2.05) is 36.4 Å². The quantitative estimate of drug-likeness (QED) is 0.0262. The molecule has 324 valence electrons. The lowest BCUT2D eigenvalue weighted by molar-refractivity contribution is 0.00553. The number of rotatable bonds is 21. The minimum atomic E-state index is -2.01. The molecule has 0 amide bonds. The second kappa shape index (κ2) is 20.6. The average molecular weight is 835 g/mol. The molecule has 0 aliphatic heterocycles. The topological polar surface area (TPSA) is 117 Å². The van der Waals surface area contributed by atoms with Crippen molar-refractivity contribution in [3.05, 3.63) is 65.2 Å². The highest BCUT2D eigenvalue weighted by molar-refractivity contribution is 6.77. The van der Waals surface area contributed by atoms with E-state index in [2.05, 4.69) is 41.5 Å². The number of esters is 2. The van der Waals surface area contributed by atoms with E-state index < -0.39 is 32.0 Å². The number of fused-ring (bicyclic) bond motifs is 2. The van der Waals surface area contributed by atoms with Crippen LogP contribution in [-0.4, -0.2) is 74.8 Å². The molecule has 0 saturated heterocycles. The monoisotopic (exact) mass is 834 g/mol. The number of benzene rings is 4. The zero-order valence-corrected chi connectivity index (χ0v) is 38.7. The van der Waals surface area contributed by atoms with Gasteiger partial charge in [0.05, 0.1) is 39.4 Å². The van der Waals surface area contributed by atoms with Gasteiger partial charge < -0.3 is 42.3 Å². The summed E-state index contributed by atoms with van der Waals surface area (Å²) in [7, 11) is 5.59. The zero-order valence-electron chi connectivity index (χ0n) is 37.7. The molecule has 0 N–H and O–H groups in total. The Kier molecular flexibility index (Phi) is 16.5. The van der Waals surface area contributed by atoms with E-state index in [0.717, 1.165) is 24.8 Å². The number of carbonyl (C=O) groups excluding carboxylic acids is 2. The molecule has 11 nitrogen and oxygen atoms in total. The first-order valence-corrected chi connectivity index (χ1v) is 22.7. The van der Waals surface area contributed by atoms with Crippen LogP contribution < -0.4 is 23.7 Å². The van der Waals surface area contributed by atoms with Crippen molar-refractivity contribution in [2.75, 3.05) is 48.9 Å². The van der Waals surface area contributed by atoms with Gasteiger partial charge >= 0.3 is 11.9 Å². The van der Waals surface area contributed by atoms with Crippen LogP contribution in [0.5, 0.6) is 28.7 Å². The van der Waals surface area contributed by atoms with Crippen molar-refractivity contribution in [2.24, 2.45) is 0 Å². The predicted molar refractivity (Wildman–Crippen MR) is 235 cm³/mol. The number of carbonyl (C=O) groups is 2. The third kappa shape index (κ3) is 10.4. The number of ether oxygens (including phenoxy) is 8. The lowest BCUT2D eigenvalue weighted by atomic mass is 9.92. The fourth-order valence-electron chi connectivity index (χ4n) is 8.56. The van der Waals surface area contributed by atoms with Crippen LogP contribution in [0.15, 0.2) is 48.5 Å². The summed E-state index contributed by atoms with van der Waals surface area (Å²) >= 11 is 0. The molecule has 4 aromatic rings. The maximum atomic E-state index is 15.2. The van der Waals surface area contributed by atoms with Gasteiger partial charge in [0, 0.05) is 29.9 Å². The van der Waals surface area contributed by atoms with Crippen LogP contribution in [0.2, 0.25) is 16.6 Å². The molecular formula is C47H66O11Si. The summed E-state index contributed by atoms with van der Waals surface area (Å²) in [5.74, 6) is 0.335. The van der Waals surface area contributed by atoms with Crippen molar-refractivity contribution in [3.63, 3.8) is 0 Å². The summed E-state index contributed by atoms with van der Waals surface area (Å²) < 4.78 is 54.1. The van der Waals surface area contributed by atoms with Crippen molar-refractivity contribution < 1.29 is 51.9 Å². The van der Waals surface area contributed by atoms with Gasteiger partial charge in [-0.2, -0.15) is 0 Å². The minimum Gasteiger partial charge on any atom is -0.496 e. The first-order valence-electron chi connectivity index (χ1n) is 20.6. The first-order chi connectivity index (χ1) is 28.0. The lowest BCUT2D eigenvalue weighted by Gasteiger charge is -2.42. The van der Waals surface area contributed by atoms with Crippen LogP contribution in [0, 0.1) is 0 Å². The average Bonchev–Trinajstić information content (AvgIpc) is 3.19. The molecular weight excluding hydrogens is 769 g/mol. The van der Waals surface area contributed by atoms with Gasteiger partial charge in [-0.25, -0.2) is 9.59 Å². The summed E-state index contributed by atoms with van der Waals surface area (Å²) in [5.41, 5.74) is 1.12. The molecule has 12 heteroatoms.